The number of hydrogen-bond acceptors (Lipinski definition) is 6. The first-order valence-electron chi connectivity index (χ1n) is 10.4. The van der Waals surface area contributed by atoms with Gasteiger partial charge in [0, 0.05) is 69.7 Å². The van der Waals surface area contributed by atoms with Crippen molar-refractivity contribution in [2.75, 3.05) is 19.6 Å². The number of likely N-dealkylation sites (tertiary alicyclic amines) is 1. The molecule has 0 aliphatic carbocycles. The Hall–Kier alpha value is -2.77. The summed E-state index contributed by atoms with van der Waals surface area (Å²) < 4.78 is 5.27. The smallest absolute Gasteiger partial charge is 0.276 e. The Morgan fingerprint density at radius 2 is 2.14 bits per heavy atom. The molecule has 2 aromatic heterocycles. The van der Waals surface area contributed by atoms with E-state index in [1.807, 2.05) is 16.0 Å². The van der Waals surface area contributed by atoms with Gasteiger partial charge in [-0.15, -0.1) is 0 Å². The zero-order valence-electron chi connectivity index (χ0n) is 17.1. The highest BCUT2D eigenvalue weighted by molar-refractivity contribution is 5.92. The summed E-state index contributed by atoms with van der Waals surface area (Å²) in [6.07, 6.45) is 6.21. The molecule has 2 aliphatic heterocycles. The van der Waals surface area contributed by atoms with Crippen LogP contribution in [0, 0.1) is 0 Å². The van der Waals surface area contributed by atoms with E-state index in [4.69, 9.17) is 9.51 Å². The van der Waals surface area contributed by atoms with E-state index in [0.717, 1.165) is 54.9 Å². The number of carbonyl (C=O) groups is 2. The van der Waals surface area contributed by atoms with Crippen molar-refractivity contribution in [2.24, 2.45) is 0 Å². The van der Waals surface area contributed by atoms with Gasteiger partial charge in [-0.05, 0) is 19.3 Å². The fraction of sp³-hybridized carbons (Fsp3) is 0.571. The third-order valence-electron chi connectivity index (χ3n) is 5.75. The maximum Gasteiger partial charge on any atom is 0.276 e. The summed E-state index contributed by atoms with van der Waals surface area (Å²) in [5, 5.41) is 3.96. The first kappa shape index (κ1) is 19.5. The van der Waals surface area contributed by atoms with Crippen LogP contribution in [0.15, 0.2) is 16.8 Å². The second kappa shape index (κ2) is 8.31. The lowest BCUT2D eigenvalue weighted by atomic mass is 9.96. The van der Waals surface area contributed by atoms with Crippen LogP contribution in [0.25, 0.3) is 0 Å². The SMILES string of the molecule is CCCc1cc(C(=O)N2CCC[C@@H](c3ncc4c(n3)CCN(C(C)=O)C4)C2)no1. The van der Waals surface area contributed by atoms with Gasteiger partial charge >= 0.3 is 0 Å². The summed E-state index contributed by atoms with van der Waals surface area (Å²) in [5.74, 6) is 1.66. The number of nitrogens with zero attached hydrogens (tertiary/aromatic N) is 5. The van der Waals surface area contributed by atoms with Crippen LogP contribution < -0.4 is 0 Å². The van der Waals surface area contributed by atoms with Gasteiger partial charge in [0.2, 0.25) is 5.91 Å². The van der Waals surface area contributed by atoms with Crippen molar-refractivity contribution in [2.45, 2.75) is 58.4 Å². The average Bonchev–Trinajstić information content (AvgIpc) is 3.21. The molecule has 0 aromatic carbocycles. The molecule has 2 amide bonds. The molecule has 4 heterocycles. The molecule has 0 bridgehead atoms. The Labute approximate surface area is 170 Å². The van der Waals surface area contributed by atoms with Crippen molar-refractivity contribution in [3.05, 3.63) is 40.8 Å². The van der Waals surface area contributed by atoms with Crippen LogP contribution >= 0.6 is 0 Å². The molecule has 154 valence electrons. The number of amides is 2. The highest BCUT2D eigenvalue weighted by Crippen LogP contribution is 2.27. The van der Waals surface area contributed by atoms with E-state index in [1.54, 1.807) is 13.0 Å². The maximum absolute atomic E-state index is 12.9. The van der Waals surface area contributed by atoms with E-state index in [-0.39, 0.29) is 17.7 Å². The van der Waals surface area contributed by atoms with Crippen LogP contribution in [0.1, 0.15) is 72.4 Å². The molecule has 2 aliphatic rings. The minimum Gasteiger partial charge on any atom is -0.361 e. The Morgan fingerprint density at radius 3 is 2.93 bits per heavy atom. The molecule has 8 nitrogen and oxygen atoms in total. The molecule has 0 unspecified atom stereocenters. The van der Waals surface area contributed by atoms with E-state index in [1.165, 1.54) is 0 Å². The van der Waals surface area contributed by atoms with Crippen molar-refractivity contribution < 1.29 is 14.1 Å². The zero-order chi connectivity index (χ0) is 20.4. The summed E-state index contributed by atoms with van der Waals surface area (Å²) in [6, 6.07) is 1.76. The van der Waals surface area contributed by atoms with Crippen molar-refractivity contribution in [1.82, 2.24) is 24.9 Å². The largest absolute Gasteiger partial charge is 0.361 e. The topological polar surface area (TPSA) is 92.4 Å². The number of carbonyl (C=O) groups excluding carboxylic acids is 2. The summed E-state index contributed by atoms with van der Waals surface area (Å²) >= 11 is 0. The molecule has 0 N–H and O–H groups in total. The summed E-state index contributed by atoms with van der Waals surface area (Å²) in [5.41, 5.74) is 2.42. The quantitative estimate of drug-likeness (QED) is 0.786. The highest BCUT2D eigenvalue weighted by Gasteiger charge is 2.30. The van der Waals surface area contributed by atoms with Gasteiger partial charge in [-0.3, -0.25) is 9.59 Å². The van der Waals surface area contributed by atoms with E-state index < -0.39 is 0 Å². The molecule has 0 radical (unpaired) electrons. The second-order valence-electron chi connectivity index (χ2n) is 7.91. The number of hydrogen-bond donors (Lipinski definition) is 0. The van der Waals surface area contributed by atoms with Gasteiger partial charge in [-0.1, -0.05) is 12.1 Å². The van der Waals surface area contributed by atoms with Gasteiger partial charge in [0.25, 0.3) is 5.91 Å². The lowest BCUT2D eigenvalue weighted by Crippen LogP contribution is -2.40. The molecule has 1 fully saturated rings. The molecule has 29 heavy (non-hydrogen) atoms. The van der Waals surface area contributed by atoms with Gasteiger partial charge in [-0.2, -0.15) is 0 Å². The average molecular weight is 397 g/mol. The lowest BCUT2D eigenvalue weighted by molar-refractivity contribution is -0.129. The Kier molecular flexibility index (Phi) is 5.60. The van der Waals surface area contributed by atoms with Gasteiger partial charge in [0.05, 0.1) is 5.69 Å². The molecule has 8 heteroatoms. The third-order valence-corrected chi connectivity index (χ3v) is 5.75. The molecule has 4 rings (SSSR count). The predicted octanol–water partition coefficient (Wildman–Crippen LogP) is 2.34. The molecule has 0 spiro atoms. The molecule has 0 saturated carbocycles. The lowest BCUT2D eigenvalue weighted by Gasteiger charge is -2.32. The number of rotatable bonds is 4. The Bertz CT molecular complexity index is 909. The van der Waals surface area contributed by atoms with Gasteiger partial charge in [0.15, 0.2) is 5.69 Å². The molecule has 2 aromatic rings. The van der Waals surface area contributed by atoms with Crippen LogP contribution in [0.3, 0.4) is 0 Å². The molecule has 1 saturated heterocycles. The monoisotopic (exact) mass is 397 g/mol. The van der Waals surface area contributed by atoms with Gasteiger partial charge in [0.1, 0.15) is 11.6 Å². The zero-order valence-corrected chi connectivity index (χ0v) is 17.1. The molecular weight excluding hydrogens is 370 g/mol. The van der Waals surface area contributed by atoms with Crippen molar-refractivity contribution in [1.29, 1.82) is 0 Å². The number of aryl methyl sites for hydroxylation is 1. The molecule has 1 atom stereocenters. The Balaban J connectivity index is 1.46. The fourth-order valence-corrected chi connectivity index (χ4v) is 4.11. The second-order valence-corrected chi connectivity index (χ2v) is 7.91. The Morgan fingerprint density at radius 1 is 1.28 bits per heavy atom. The third kappa shape index (κ3) is 4.16. The standard InChI is InChI=1S/C21H27N5O3/c1-3-5-17-10-19(24-29-17)21(28)26-8-4-6-15(12-26)20-22-11-16-13-25(14(2)27)9-7-18(16)23-20/h10-11,15H,3-9,12-13H2,1-2H3/t15-/m1/s1. The van der Waals surface area contributed by atoms with E-state index in [2.05, 4.69) is 17.1 Å². The van der Waals surface area contributed by atoms with Crippen LogP contribution in [0.4, 0.5) is 0 Å². The molecular formula is C21H27N5O3. The normalized spacial score (nSPS) is 19.2. The van der Waals surface area contributed by atoms with Crippen LogP contribution in [0.5, 0.6) is 0 Å². The summed E-state index contributed by atoms with van der Waals surface area (Å²) in [7, 11) is 0. The minimum absolute atomic E-state index is 0.0797. The van der Waals surface area contributed by atoms with E-state index in [9.17, 15) is 9.59 Å². The fourth-order valence-electron chi connectivity index (χ4n) is 4.11. The minimum atomic E-state index is -0.0872. The summed E-state index contributed by atoms with van der Waals surface area (Å²) in [4.78, 5) is 37.5. The van der Waals surface area contributed by atoms with Crippen molar-refractivity contribution >= 4 is 11.8 Å². The van der Waals surface area contributed by atoms with E-state index >= 15 is 0 Å². The van der Waals surface area contributed by atoms with Crippen LogP contribution in [0.2, 0.25) is 0 Å². The first-order valence-corrected chi connectivity index (χ1v) is 10.4. The van der Waals surface area contributed by atoms with Crippen LogP contribution in [-0.2, 0) is 24.2 Å². The first-order chi connectivity index (χ1) is 14.0. The predicted molar refractivity (Wildman–Crippen MR) is 105 cm³/mol. The highest BCUT2D eigenvalue weighted by atomic mass is 16.5. The van der Waals surface area contributed by atoms with Gasteiger partial charge < -0.3 is 14.3 Å². The van der Waals surface area contributed by atoms with E-state index in [0.29, 0.717) is 31.9 Å². The van der Waals surface area contributed by atoms with Crippen LogP contribution in [-0.4, -0.2) is 56.4 Å². The summed E-state index contributed by atoms with van der Waals surface area (Å²) in [6.45, 7) is 6.23. The maximum atomic E-state index is 12.9. The van der Waals surface area contributed by atoms with Gasteiger partial charge in [-0.25, -0.2) is 9.97 Å². The number of aromatic nitrogens is 3. The number of piperidine rings is 1. The van der Waals surface area contributed by atoms with Crippen molar-refractivity contribution in [3.8, 4) is 0 Å². The number of fused-ring (bicyclic) bond motifs is 1. The van der Waals surface area contributed by atoms with Crippen molar-refractivity contribution in [3.63, 3.8) is 0 Å².